The minimum atomic E-state index is -0.383. The first-order valence-electron chi connectivity index (χ1n) is 8.53. The number of carbonyl (C=O) groups is 1. The number of allylic oxidation sites excluding steroid dienone is 3. The molecule has 0 aromatic carbocycles. The Morgan fingerprint density at radius 2 is 1.73 bits per heavy atom. The molecule has 1 aromatic rings. The molecule has 2 N–H and O–H groups in total. The molecule has 1 heterocycles. The van der Waals surface area contributed by atoms with Gasteiger partial charge in [0, 0.05) is 18.8 Å². The second-order valence-electron chi connectivity index (χ2n) is 6.42. The number of urea groups is 1. The van der Waals surface area contributed by atoms with E-state index in [0.717, 1.165) is 6.42 Å². The van der Waals surface area contributed by atoms with Crippen LogP contribution in [0, 0.1) is 19.8 Å². The number of terminal acetylenes is 1. The van der Waals surface area contributed by atoms with Crippen LogP contribution in [-0.4, -0.2) is 20.9 Å². The number of aromatic nitrogens is 2. The molecule has 1 aromatic heterocycles. The molecule has 0 aliphatic heterocycles. The van der Waals surface area contributed by atoms with E-state index in [-0.39, 0.29) is 17.1 Å². The van der Waals surface area contributed by atoms with Gasteiger partial charge in [0.15, 0.2) is 0 Å². The van der Waals surface area contributed by atoms with Gasteiger partial charge in [-0.1, -0.05) is 25.2 Å². The van der Waals surface area contributed by atoms with Gasteiger partial charge in [-0.2, -0.15) is 0 Å². The van der Waals surface area contributed by atoms with Crippen LogP contribution in [0.2, 0.25) is 0 Å². The van der Waals surface area contributed by atoms with Gasteiger partial charge >= 0.3 is 6.03 Å². The lowest BCUT2D eigenvalue weighted by atomic mass is 10.1. The summed E-state index contributed by atoms with van der Waals surface area (Å²) >= 11 is 0. The molecule has 0 saturated carbocycles. The van der Waals surface area contributed by atoms with Gasteiger partial charge in [0.2, 0.25) is 0 Å². The van der Waals surface area contributed by atoms with Gasteiger partial charge in [0.1, 0.15) is 5.69 Å². The zero-order valence-electron chi connectivity index (χ0n) is 17.4. The van der Waals surface area contributed by atoms with E-state index in [0.29, 0.717) is 11.4 Å². The summed E-state index contributed by atoms with van der Waals surface area (Å²) in [5.41, 5.74) is 0.395. The molecule has 0 aliphatic carbocycles. The standard InChI is InChI=1S/C13H22N4O2.C5H10.C2H2/c1-7-8-17-11(18)10(9(2)16(17)6)14-12(19)15-13(3,4)5;1-3-5-4-2;1-2/h7-8H,1-6H3,(H2,14,15,19);3,5H,4H2,1-2H3;1-2H/b8-7+;5-3-;. The van der Waals surface area contributed by atoms with E-state index >= 15 is 0 Å². The topological polar surface area (TPSA) is 68.1 Å². The van der Waals surface area contributed by atoms with Crippen molar-refractivity contribution in [1.82, 2.24) is 14.7 Å². The summed E-state index contributed by atoms with van der Waals surface area (Å²) in [7, 11) is 1.77. The molecule has 0 unspecified atom stereocenters. The van der Waals surface area contributed by atoms with Gasteiger partial charge in [-0.25, -0.2) is 9.48 Å². The van der Waals surface area contributed by atoms with E-state index in [2.05, 4.69) is 42.6 Å². The fourth-order valence-electron chi connectivity index (χ4n) is 1.90. The molecule has 0 atom stereocenters. The Bertz CT molecular complexity index is 683. The van der Waals surface area contributed by atoms with Gasteiger partial charge in [0.25, 0.3) is 5.56 Å². The van der Waals surface area contributed by atoms with Crippen LogP contribution in [0.3, 0.4) is 0 Å². The van der Waals surface area contributed by atoms with Crippen LogP contribution in [0.15, 0.2) is 23.0 Å². The zero-order chi connectivity index (χ0) is 20.9. The maximum Gasteiger partial charge on any atom is 0.319 e. The second-order valence-corrected chi connectivity index (χ2v) is 6.42. The van der Waals surface area contributed by atoms with E-state index in [1.165, 1.54) is 4.68 Å². The maximum absolute atomic E-state index is 12.2. The van der Waals surface area contributed by atoms with Crippen LogP contribution < -0.4 is 16.2 Å². The number of hydrogen-bond acceptors (Lipinski definition) is 2. The molecule has 0 saturated heterocycles. The molecule has 0 bridgehead atoms. The van der Waals surface area contributed by atoms with Crippen LogP contribution in [-0.2, 0) is 7.05 Å². The van der Waals surface area contributed by atoms with E-state index in [1.807, 2.05) is 34.6 Å². The highest BCUT2D eigenvalue weighted by atomic mass is 16.2. The van der Waals surface area contributed by atoms with Crippen molar-refractivity contribution in [3.05, 3.63) is 34.3 Å². The quantitative estimate of drug-likeness (QED) is 0.627. The number of carbonyl (C=O) groups excluding carboxylic acids is 1. The summed E-state index contributed by atoms with van der Waals surface area (Å²) < 4.78 is 3.14. The second kappa shape index (κ2) is 12.6. The van der Waals surface area contributed by atoms with Gasteiger partial charge in [0.05, 0.1) is 5.69 Å². The third-order valence-electron chi connectivity index (χ3n) is 3.08. The molecule has 1 rings (SSSR count). The Hall–Kier alpha value is -2.68. The van der Waals surface area contributed by atoms with Crippen molar-refractivity contribution in [2.24, 2.45) is 7.05 Å². The summed E-state index contributed by atoms with van der Waals surface area (Å²) in [5.74, 6) is 0. The SMILES string of the molecule is C#C.C/C=C/n1c(=O)c(NC(=O)NC(C)(C)C)c(C)n1C.C/C=C\CC. The van der Waals surface area contributed by atoms with E-state index in [1.54, 1.807) is 30.9 Å². The summed E-state index contributed by atoms with van der Waals surface area (Å²) in [5, 5.41) is 5.37. The summed E-state index contributed by atoms with van der Waals surface area (Å²) in [6.07, 6.45) is 16.8. The van der Waals surface area contributed by atoms with Crippen molar-refractivity contribution in [3.8, 4) is 12.8 Å². The molecule has 26 heavy (non-hydrogen) atoms. The molecular formula is C20H34N4O2. The lowest BCUT2D eigenvalue weighted by Gasteiger charge is -2.20. The average molecular weight is 363 g/mol. The Labute approximate surface area is 158 Å². The lowest BCUT2D eigenvalue weighted by Crippen LogP contribution is -2.43. The Morgan fingerprint density at radius 1 is 1.19 bits per heavy atom. The van der Waals surface area contributed by atoms with Crippen LogP contribution in [0.25, 0.3) is 6.20 Å². The monoisotopic (exact) mass is 362 g/mol. The third-order valence-corrected chi connectivity index (χ3v) is 3.08. The Balaban J connectivity index is 0. The van der Waals surface area contributed by atoms with Gasteiger partial charge < -0.3 is 10.6 Å². The summed E-state index contributed by atoms with van der Waals surface area (Å²) in [4.78, 5) is 24.0. The number of hydrogen-bond donors (Lipinski definition) is 2. The van der Waals surface area contributed by atoms with Crippen LogP contribution in [0.5, 0.6) is 0 Å². The van der Waals surface area contributed by atoms with Crippen LogP contribution >= 0.6 is 0 Å². The molecule has 0 fully saturated rings. The predicted octanol–water partition coefficient (Wildman–Crippen LogP) is 4.13. The molecule has 0 radical (unpaired) electrons. The molecule has 0 aliphatic rings. The molecule has 6 nitrogen and oxygen atoms in total. The highest BCUT2D eigenvalue weighted by molar-refractivity contribution is 5.90. The number of nitrogens with zero attached hydrogens (tertiary/aromatic N) is 2. The van der Waals surface area contributed by atoms with Crippen molar-refractivity contribution in [3.63, 3.8) is 0 Å². The predicted molar refractivity (Wildman–Crippen MR) is 112 cm³/mol. The highest BCUT2D eigenvalue weighted by Gasteiger charge is 2.18. The number of anilines is 1. The van der Waals surface area contributed by atoms with Gasteiger partial charge in [-0.05, 0) is 48.0 Å². The summed E-state index contributed by atoms with van der Waals surface area (Å²) in [6.45, 7) is 13.4. The van der Waals surface area contributed by atoms with Crippen LogP contribution in [0.4, 0.5) is 10.5 Å². The number of nitrogens with one attached hydrogen (secondary N) is 2. The maximum atomic E-state index is 12.2. The first kappa shape index (κ1) is 25.6. The van der Waals surface area contributed by atoms with Crippen molar-refractivity contribution >= 4 is 17.9 Å². The van der Waals surface area contributed by atoms with Crippen LogP contribution in [0.1, 0.15) is 53.7 Å². The highest BCUT2D eigenvalue weighted by Crippen LogP contribution is 2.10. The van der Waals surface area contributed by atoms with E-state index in [9.17, 15) is 9.59 Å². The number of rotatable bonds is 3. The van der Waals surface area contributed by atoms with Crippen molar-refractivity contribution in [2.75, 3.05) is 5.32 Å². The fourth-order valence-corrected chi connectivity index (χ4v) is 1.90. The smallest absolute Gasteiger partial charge is 0.319 e. The summed E-state index contributed by atoms with van der Waals surface area (Å²) in [6, 6.07) is -0.383. The van der Waals surface area contributed by atoms with E-state index < -0.39 is 0 Å². The third kappa shape index (κ3) is 8.97. The Kier molecular flexibility index (Phi) is 12.4. The first-order valence-corrected chi connectivity index (χ1v) is 8.53. The average Bonchev–Trinajstić information content (AvgIpc) is 2.75. The zero-order valence-corrected chi connectivity index (χ0v) is 17.4. The molecular weight excluding hydrogens is 328 g/mol. The minimum Gasteiger partial charge on any atom is -0.333 e. The van der Waals surface area contributed by atoms with Crippen molar-refractivity contribution < 1.29 is 4.79 Å². The Morgan fingerprint density at radius 3 is 2.08 bits per heavy atom. The minimum absolute atomic E-state index is 0.248. The lowest BCUT2D eigenvalue weighted by molar-refractivity contribution is 0.244. The first-order chi connectivity index (χ1) is 12.1. The molecule has 6 heteroatoms. The molecule has 2 amide bonds. The molecule has 0 spiro atoms. The number of amides is 2. The largest absolute Gasteiger partial charge is 0.333 e. The fraction of sp³-hybridized carbons (Fsp3) is 0.500. The van der Waals surface area contributed by atoms with Gasteiger partial charge in [-0.15, -0.1) is 12.8 Å². The van der Waals surface area contributed by atoms with Gasteiger partial charge in [-0.3, -0.25) is 9.48 Å². The van der Waals surface area contributed by atoms with Crippen molar-refractivity contribution in [1.29, 1.82) is 0 Å². The van der Waals surface area contributed by atoms with Crippen molar-refractivity contribution in [2.45, 2.75) is 60.4 Å². The van der Waals surface area contributed by atoms with E-state index in [4.69, 9.17) is 0 Å². The molecule has 146 valence electrons. The normalized spacial score (nSPS) is 10.7.